The van der Waals surface area contributed by atoms with Crippen molar-refractivity contribution in [3.8, 4) is 5.75 Å². The lowest BCUT2D eigenvalue weighted by Gasteiger charge is -2.44. The Morgan fingerprint density at radius 1 is 1.31 bits per heavy atom. The average Bonchev–Trinajstić information content (AvgIpc) is 3.14. The first-order chi connectivity index (χ1) is 15.2. The molecule has 2 fully saturated rings. The molecule has 0 radical (unpaired) electrons. The Kier molecular flexibility index (Phi) is 7.44. The third kappa shape index (κ3) is 6.02. The van der Waals surface area contributed by atoms with Crippen molar-refractivity contribution in [2.24, 2.45) is 5.92 Å². The maximum atomic E-state index is 13.1. The van der Waals surface area contributed by atoms with Gasteiger partial charge in [0, 0.05) is 18.7 Å². The molecule has 1 N–H and O–H groups in total. The number of hydrogen-bond acceptors (Lipinski definition) is 7. The van der Waals surface area contributed by atoms with Crippen LogP contribution in [0.15, 0.2) is 36.9 Å². The Bertz CT molecular complexity index is 885. The van der Waals surface area contributed by atoms with Crippen LogP contribution in [0.25, 0.3) is 0 Å². The first-order valence-electron chi connectivity index (χ1n) is 9.89. The van der Waals surface area contributed by atoms with Gasteiger partial charge < -0.3 is 19.5 Å². The van der Waals surface area contributed by atoms with E-state index >= 15 is 0 Å². The van der Waals surface area contributed by atoms with Crippen LogP contribution in [-0.2, 0) is 9.53 Å². The molecule has 2 aromatic rings. The molecular formula is C20H22F4N4O4. The van der Waals surface area contributed by atoms with Gasteiger partial charge in [-0.05, 0) is 31.4 Å². The van der Waals surface area contributed by atoms with Crippen LogP contribution in [0.3, 0.4) is 0 Å². The lowest BCUT2D eigenvalue weighted by Crippen LogP contribution is -2.55. The quantitative estimate of drug-likeness (QED) is 0.699. The van der Waals surface area contributed by atoms with Gasteiger partial charge in [-0.25, -0.2) is 19.2 Å². The average molecular weight is 458 g/mol. The van der Waals surface area contributed by atoms with Crippen LogP contribution in [-0.4, -0.2) is 64.1 Å². The second-order valence-electron chi connectivity index (χ2n) is 7.43. The van der Waals surface area contributed by atoms with E-state index in [1.807, 2.05) is 12.1 Å². The van der Waals surface area contributed by atoms with Crippen molar-refractivity contribution >= 4 is 11.9 Å². The molecule has 0 amide bonds. The number of carbonyl (C=O) groups is 1. The summed E-state index contributed by atoms with van der Waals surface area (Å²) in [6.45, 7) is 2.64. The highest BCUT2D eigenvalue weighted by molar-refractivity contribution is 5.73. The molecule has 0 unspecified atom stereocenters. The molecule has 2 atom stereocenters. The molecule has 0 bridgehead atoms. The minimum atomic E-state index is -5.08. The summed E-state index contributed by atoms with van der Waals surface area (Å²) in [5.41, 5.74) is -0.252. The molecule has 1 saturated carbocycles. The van der Waals surface area contributed by atoms with E-state index in [0.29, 0.717) is 38.2 Å². The van der Waals surface area contributed by atoms with Crippen molar-refractivity contribution in [3.05, 3.63) is 42.7 Å². The van der Waals surface area contributed by atoms with E-state index in [1.54, 1.807) is 12.4 Å². The Labute approximate surface area is 181 Å². The minimum absolute atomic E-state index is 0.252. The van der Waals surface area contributed by atoms with Gasteiger partial charge in [0.25, 0.3) is 0 Å². The van der Waals surface area contributed by atoms with E-state index in [4.69, 9.17) is 19.4 Å². The molecule has 3 heterocycles. The van der Waals surface area contributed by atoms with Crippen molar-refractivity contribution in [1.82, 2.24) is 15.0 Å². The zero-order chi connectivity index (χ0) is 23.2. The van der Waals surface area contributed by atoms with Crippen molar-refractivity contribution in [3.63, 3.8) is 0 Å². The number of aliphatic carboxylic acids is 1. The van der Waals surface area contributed by atoms with Gasteiger partial charge in [0.2, 0.25) is 5.95 Å². The fourth-order valence-electron chi connectivity index (χ4n) is 3.82. The van der Waals surface area contributed by atoms with Crippen LogP contribution in [0, 0.1) is 11.7 Å². The zero-order valence-corrected chi connectivity index (χ0v) is 17.0. The summed E-state index contributed by atoms with van der Waals surface area (Å²) in [5.74, 6) is -1.54. The maximum Gasteiger partial charge on any atom is 0.490 e. The van der Waals surface area contributed by atoms with Crippen molar-refractivity contribution in [1.29, 1.82) is 0 Å². The van der Waals surface area contributed by atoms with E-state index in [0.717, 1.165) is 25.0 Å². The molecule has 8 nitrogen and oxygen atoms in total. The van der Waals surface area contributed by atoms with Gasteiger partial charge >= 0.3 is 12.1 Å². The van der Waals surface area contributed by atoms with E-state index in [2.05, 4.69) is 19.9 Å². The van der Waals surface area contributed by atoms with Crippen LogP contribution in [0.4, 0.5) is 23.5 Å². The normalized spacial score (nSPS) is 22.9. The Morgan fingerprint density at radius 3 is 2.66 bits per heavy atom. The summed E-state index contributed by atoms with van der Waals surface area (Å²) in [6, 6.07) is 3.78. The van der Waals surface area contributed by atoms with E-state index in [-0.39, 0.29) is 5.60 Å². The molecule has 1 saturated heterocycles. The third-order valence-corrected chi connectivity index (χ3v) is 5.32. The molecule has 2 aliphatic rings. The molecule has 1 aliphatic carbocycles. The van der Waals surface area contributed by atoms with E-state index < -0.39 is 18.0 Å². The Balaban J connectivity index is 0.000000360. The van der Waals surface area contributed by atoms with Gasteiger partial charge in [-0.15, -0.1) is 0 Å². The molecule has 1 aliphatic heterocycles. The molecule has 174 valence electrons. The fraction of sp³-hybridized carbons (Fsp3) is 0.500. The number of halogens is 4. The molecule has 2 aromatic heterocycles. The third-order valence-electron chi connectivity index (χ3n) is 5.32. The number of morpholine rings is 1. The minimum Gasteiger partial charge on any atom is -0.492 e. The summed E-state index contributed by atoms with van der Waals surface area (Å²) < 4.78 is 57.0. The summed E-state index contributed by atoms with van der Waals surface area (Å²) in [6.07, 6.45) is 3.96. The topological polar surface area (TPSA) is 97.7 Å². The number of anilines is 1. The number of rotatable bonds is 4. The van der Waals surface area contributed by atoms with Crippen LogP contribution >= 0.6 is 0 Å². The number of ether oxygens (including phenoxy) is 2. The molecule has 12 heteroatoms. The van der Waals surface area contributed by atoms with Crippen molar-refractivity contribution < 1.29 is 36.9 Å². The number of carboxylic acid groups (broad SMARTS) is 1. The fourth-order valence-corrected chi connectivity index (χ4v) is 3.82. The van der Waals surface area contributed by atoms with Gasteiger partial charge in [-0.2, -0.15) is 13.2 Å². The lowest BCUT2D eigenvalue weighted by atomic mass is 9.89. The number of nitrogens with zero attached hydrogens (tertiary/aromatic N) is 4. The van der Waals surface area contributed by atoms with Gasteiger partial charge in [-0.3, -0.25) is 4.98 Å². The molecular weight excluding hydrogens is 436 g/mol. The van der Waals surface area contributed by atoms with E-state index in [1.165, 1.54) is 12.4 Å². The summed E-state index contributed by atoms with van der Waals surface area (Å²) in [7, 11) is 0. The summed E-state index contributed by atoms with van der Waals surface area (Å²) in [5, 5.41) is 7.12. The van der Waals surface area contributed by atoms with Gasteiger partial charge in [0.15, 0.2) is 5.82 Å². The standard InChI is InChI=1S/C18H21FN4O2.C2HF3O2/c19-15-9-21-17(22-10-15)23-7-8-25-18(13-23)5-1-3-14(18)12-24-16-4-2-6-20-11-16;3-2(4,5)1(6)7/h2,4,6,9-11,14H,1,3,5,7-8,12-13H2;(H,6,7)/t14-,18+;/m0./s1. The lowest BCUT2D eigenvalue weighted by molar-refractivity contribution is -0.192. The second-order valence-corrected chi connectivity index (χ2v) is 7.43. The second kappa shape index (κ2) is 10.1. The first-order valence-corrected chi connectivity index (χ1v) is 9.89. The van der Waals surface area contributed by atoms with Gasteiger partial charge in [0.05, 0.1) is 44.0 Å². The largest absolute Gasteiger partial charge is 0.492 e. The highest BCUT2D eigenvalue weighted by atomic mass is 19.4. The number of alkyl halides is 3. The molecule has 4 rings (SSSR count). The van der Waals surface area contributed by atoms with Crippen molar-refractivity contribution in [2.45, 2.75) is 31.0 Å². The first kappa shape index (κ1) is 23.6. The smallest absolute Gasteiger partial charge is 0.490 e. The van der Waals surface area contributed by atoms with Crippen LogP contribution in [0.1, 0.15) is 19.3 Å². The highest BCUT2D eigenvalue weighted by Gasteiger charge is 2.47. The van der Waals surface area contributed by atoms with Crippen LogP contribution < -0.4 is 9.64 Å². The number of aromatic nitrogens is 3. The van der Waals surface area contributed by atoms with Crippen molar-refractivity contribution in [2.75, 3.05) is 31.2 Å². The Morgan fingerprint density at radius 2 is 2.03 bits per heavy atom. The number of pyridine rings is 1. The van der Waals surface area contributed by atoms with E-state index in [9.17, 15) is 17.6 Å². The SMILES string of the molecule is Fc1cnc(N2CCO[C@]3(CCC[C@H]3COc3cccnc3)C2)nc1.O=C(O)C(F)(F)F. The summed E-state index contributed by atoms with van der Waals surface area (Å²) in [4.78, 5) is 23.3. The highest BCUT2D eigenvalue weighted by Crippen LogP contribution is 2.41. The van der Waals surface area contributed by atoms with Gasteiger partial charge in [-0.1, -0.05) is 0 Å². The zero-order valence-electron chi connectivity index (χ0n) is 17.0. The van der Waals surface area contributed by atoms with Crippen LogP contribution in [0.5, 0.6) is 5.75 Å². The molecule has 32 heavy (non-hydrogen) atoms. The Hall–Kier alpha value is -3.02. The predicted molar refractivity (Wildman–Crippen MR) is 104 cm³/mol. The number of hydrogen-bond donors (Lipinski definition) is 1. The maximum absolute atomic E-state index is 13.1. The predicted octanol–water partition coefficient (Wildman–Crippen LogP) is 3.10. The number of carboxylic acids is 1. The summed E-state index contributed by atoms with van der Waals surface area (Å²) >= 11 is 0. The van der Waals surface area contributed by atoms with Gasteiger partial charge in [0.1, 0.15) is 5.75 Å². The molecule has 1 spiro atoms. The monoisotopic (exact) mass is 458 g/mol. The van der Waals surface area contributed by atoms with Crippen LogP contribution in [0.2, 0.25) is 0 Å². The molecule has 0 aromatic carbocycles.